The van der Waals surface area contributed by atoms with Gasteiger partial charge in [-0.15, -0.1) is 0 Å². The molecule has 1 aliphatic rings. The van der Waals surface area contributed by atoms with Crippen molar-refractivity contribution in [2.75, 3.05) is 0 Å². The largest absolute Gasteiger partial charge is 0.0537 e. The van der Waals surface area contributed by atoms with Crippen molar-refractivity contribution < 1.29 is 0 Å². The van der Waals surface area contributed by atoms with Crippen LogP contribution in [-0.4, -0.2) is 0 Å². The Hall–Kier alpha value is -2.08. The lowest BCUT2D eigenvalue weighted by molar-refractivity contribution is 1.75. The average molecular weight is 200 g/mol. The Morgan fingerprint density at radius 3 is 2.19 bits per heavy atom. The summed E-state index contributed by atoms with van der Waals surface area (Å²) in [5.74, 6) is 0. The summed E-state index contributed by atoms with van der Waals surface area (Å²) in [4.78, 5) is 0. The van der Waals surface area contributed by atoms with Crippen molar-refractivity contribution in [3.05, 3.63) is 48.5 Å². The van der Waals surface area contributed by atoms with E-state index in [0.29, 0.717) is 0 Å². The Balaban J connectivity index is 2.43. The van der Waals surface area contributed by atoms with Crippen LogP contribution in [0.15, 0.2) is 48.5 Å². The molecule has 72 valence electrons. The zero-order valence-corrected chi connectivity index (χ0v) is 8.62. The average Bonchev–Trinajstić information content (AvgIpc) is 2.36. The fourth-order valence-corrected chi connectivity index (χ4v) is 3.06. The zero-order chi connectivity index (χ0) is 10.3. The van der Waals surface area contributed by atoms with Crippen molar-refractivity contribution in [1.29, 1.82) is 0 Å². The van der Waals surface area contributed by atoms with Crippen molar-refractivity contribution in [2.24, 2.45) is 0 Å². The lowest BCUT2D eigenvalue weighted by Gasteiger charge is -2.06. The fourth-order valence-electron chi connectivity index (χ4n) is 3.06. The highest BCUT2D eigenvalue weighted by Crippen LogP contribution is 2.39. The van der Waals surface area contributed by atoms with Crippen LogP contribution < -0.4 is 0 Å². The van der Waals surface area contributed by atoms with Crippen LogP contribution in [0.2, 0.25) is 0 Å². The van der Waals surface area contributed by atoms with E-state index in [9.17, 15) is 0 Å². The molecule has 16 heavy (non-hydrogen) atoms. The maximum atomic E-state index is 2.33. The third-order valence-electron chi connectivity index (χ3n) is 3.86. The number of benzene rings is 4. The molecule has 0 amide bonds. The first kappa shape index (κ1) is 7.24. The summed E-state index contributed by atoms with van der Waals surface area (Å²) in [6.07, 6.45) is 0. The van der Waals surface area contributed by atoms with E-state index in [1.54, 1.807) is 0 Å². The molecule has 0 atom stereocenters. The van der Waals surface area contributed by atoms with Crippen LogP contribution in [0.5, 0.6) is 0 Å². The van der Waals surface area contributed by atoms with Gasteiger partial charge in [0.05, 0.1) is 0 Å². The molecule has 7 bridgehead atoms. The molecule has 0 nitrogen and oxygen atoms in total. The van der Waals surface area contributed by atoms with Crippen molar-refractivity contribution in [3.63, 3.8) is 0 Å². The van der Waals surface area contributed by atoms with Gasteiger partial charge in [0, 0.05) is 0 Å². The summed E-state index contributed by atoms with van der Waals surface area (Å²) < 4.78 is 0. The summed E-state index contributed by atoms with van der Waals surface area (Å²) in [7, 11) is 0. The summed E-state index contributed by atoms with van der Waals surface area (Å²) in [5.41, 5.74) is 2.71. The van der Waals surface area contributed by atoms with Crippen LogP contribution in [0.3, 0.4) is 0 Å². The van der Waals surface area contributed by atoms with Crippen LogP contribution >= 0.6 is 0 Å². The fraction of sp³-hybridized carbons (Fsp3) is 0. The first-order valence-electron chi connectivity index (χ1n) is 5.62. The van der Waals surface area contributed by atoms with Gasteiger partial charge in [-0.2, -0.15) is 0 Å². The summed E-state index contributed by atoms with van der Waals surface area (Å²) in [6.45, 7) is 0. The van der Waals surface area contributed by atoms with Gasteiger partial charge in [0.1, 0.15) is 0 Å². The molecule has 5 rings (SSSR count). The Morgan fingerprint density at radius 1 is 0.438 bits per heavy atom. The number of hydrogen-bond donors (Lipinski definition) is 0. The molecule has 0 fully saturated rings. The molecule has 4 aromatic rings. The minimum absolute atomic E-state index is 1.35. The van der Waals surface area contributed by atoms with E-state index in [2.05, 4.69) is 48.5 Å². The van der Waals surface area contributed by atoms with Gasteiger partial charge >= 0.3 is 0 Å². The topological polar surface area (TPSA) is 0 Å². The molecule has 0 radical (unpaired) electrons. The van der Waals surface area contributed by atoms with Gasteiger partial charge < -0.3 is 0 Å². The Labute approximate surface area is 92.4 Å². The van der Waals surface area contributed by atoms with Gasteiger partial charge in [0.15, 0.2) is 0 Å². The van der Waals surface area contributed by atoms with Crippen LogP contribution in [0.1, 0.15) is 0 Å². The first-order valence-corrected chi connectivity index (χ1v) is 5.62. The summed E-state index contributed by atoms with van der Waals surface area (Å²) in [6, 6.07) is 18.4. The monoisotopic (exact) mass is 200 g/mol. The standard InChI is InChI=1S/C16H8/c1-2-10-3-13-8-16-14-5-11(4-12(13)6-14)9(1)7-15(10)16/h1-8H. The van der Waals surface area contributed by atoms with Gasteiger partial charge in [-0.1, -0.05) is 12.1 Å². The highest BCUT2D eigenvalue weighted by Gasteiger charge is 2.12. The SMILES string of the molecule is c1cc2cc3cc4c5cc(cc3c5)-c1cc24. The van der Waals surface area contributed by atoms with Gasteiger partial charge in [0.2, 0.25) is 0 Å². The lowest BCUT2D eigenvalue weighted by Crippen LogP contribution is -1.79. The van der Waals surface area contributed by atoms with Crippen molar-refractivity contribution >= 4 is 32.3 Å². The predicted octanol–water partition coefficient (Wildman–Crippen LogP) is 4.56. The second-order valence-electron chi connectivity index (χ2n) is 4.76. The van der Waals surface area contributed by atoms with Crippen LogP contribution in [0, 0.1) is 0 Å². The zero-order valence-electron chi connectivity index (χ0n) is 8.62. The van der Waals surface area contributed by atoms with Crippen LogP contribution in [0.25, 0.3) is 43.4 Å². The molecule has 4 aromatic carbocycles. The maximum absolute atomic E-state index is 2.33. The minimum atomic E-state index is 1.35. The van der Waals surface area contributed by atoms with Crippen molar-refractivity contribution in [1.82, 2.24) is 0 Å². The van der Waals surface area contributed by atoms with Crippen LogP contribution in [-0.2, 0) is 0 Å². The van der Waals surface area contributed by atoms with E-state index in [1.807, 2.05) is 0 Å². The molecule has 0 saturated heterocycles. The third-order valence-corrected chi connectivity index (χ3v) is 3.86. The Kier molecular flexibility index (Phi) is 0.927. The highest BCUT2D eigenvalue weighted by molar-refractivity contribution is 6.17. The van der Waals surface area contributed by atoms with Crippen molar-refractivity contribution in [3.8, 4) is 11.1 Å². The second-order valence-corrected chi connectivity index (χ2v) is 4.76. The second kappa shape index (κ2) is 2.05. The minimum Gasteiger partial charge on any atom is -0.0537 e. The van der Waals surface area contributed by atoms with Gasteiger partial charge in [-0.3, -0.25) is 0 Å². The Bertz CT molecular complexity index is 878. The number of fused-ring (bicyclic) bond motifs is 6. The van der Waals surface area contributed by atoms with E-state index in [0.717, 1.165) is 0 Å². The lowest BCUT2D eigenvalue weighted by atomic mass is 9.98. The maximum Gasteiger partial charge on any atom is -0.00986 e. The van der Waals surface area contributed by atoms with Crippen molar-refractivity contribution in [2.45, 2.75) is 0 Å². The van der Waals surface area contributed by atoms with E-state index in [4.69, 9.17) is 0 Å². The van der Waals surface area contributed by atoms with E-state index >= 15 is 0 Å². The molecule has 0 N–H and O–H groups in total. The molecule has 0 spiro atoms. The van der Waals surface area contributed by atoms with Gasteiger partial charge in [0.25, 0.3) is 0 Å². The molecule has 0 heteroatoms. The Morgan fingerprint density at radius 2 is 1.19 bits per heavy atom. The first-order chi connectivity index (χ1) is 7.88. The third kappa shape index (κ3) is 0.646. The number of hydrogen-bond acceptors (Lipinski definition) is 0. The normalized spacial score (nSPS) is 13.0. The number of rotatable bonds is 0. The van der Waals surface area contributed by atoms with Gasteiger partial charge in [-0.25, -0.2) is 0 Å². The smallest absolute Gasteiger partial charge is 0.00986 e. The predicted molar refractivity (Wildman–Crippen MR) is 69.1 cm³/mol. The molecule has 0 unspecified atom stereocenters. The molecule has 0 saturated carbocycles. The van der Waals surface area contributed by atoms with Crippen LogP contribution in [0.4, 0.5) is 0 Å². The summed E-state index contributed by atoms with van der Waals surface area (Å²) in [5, 5.41) is 8.28. The molecular weight excluding hydrogens is 192 g/mol. The molecule has 0 heterocycles. The molecule has 1 aliphatic carbocycles. The molecule has 0 aliphatic heterocycles. The molecular formula is C16H8. The van der Waals surface area contributed by atoms with E-state index in [1.165, 1.54) is 43.4 Å². The van der Waals surface area contributed by atoms with E-state index < -0.39 is 0 Å². The summed E-state index contributed by atoms with van der Waals surface area (Å²) >= 11 is 0. The molecule has 0 aromatic heterocycles. The quantitative estimate of drug-likeness (QED) is 0.343. The van der Waals surface area contributed by atoms with E-state index in [-0.39, 0.29) is 0 Å². The van der Waals surface area contributed by atoms with Gasteiger partial charge in [-0.05, 0) is 79.8 Å². The highest BCUT2D eigenvalue weighted by atomic mass is 14.2.